The molecule has 18 heavy (non-hydrogen) atoms. The van der Waals surface area contributed by atoms with Crippen molar-refractivity contribution in [2.45, 2.75) is 19.5 Å². The lowest BCUT2D eigenvalue weighted by Gasteiger charge is -2.13. The van der Waals surface area contributed by atoms with Crippen LogP contribution in [0.2, 0.25) is 0 Å². The highest BCUT2D eigenvalue weighted by Gasteiger charge is 2.33. The maximum Gasteiger partial charge on any atom is 0.574 e. The Morgan fingerprint density at radius 3 is 2.56 bits per heavy atom. The number of anilines is 1. The minimum Gasteiger partial charge on any atom is -0.481 e. The van der Waals surface area contributed by atoms with E-state index in [9.17, 15) is 22.4 Å². The van der Waals surface area contributed by atoms with E-state index in [0.29, 0.717) is 0 Å². The molecule has 0 unspecified atom stereocenters. The first-order valence-electron chi connectivity index (χ1n) is 4.54. The average Bonchev–Trinajstić information content (AvgIpc) is 2.21. The highest BCUT2D eigenvalue weighted by molar-refractivity contribution is 5.74. The summed E-state index contributed by atoms with van der Waals surface area (Å²) in [6.07, 6.45) is -5.70. The number of aromatic nitrogens is 1. The summed E-state index contributed by atoms with van der Waals surface area (Å²) in [5.74, 6) is -2.37. The SMILES string of the molecule is Nc1c(CC(=O)O)cc(CF)nc1OC(F)(F)F. The molecule has 9 heteroatoms. The number of carbonyl (C=O) groups is 1. The van der Waals surface area contributed by atoms with E-state index < -0.39 is 37.0 Å². The van der Waals surface area contributed by atoms with Gasteiger partial charge in [0.25, 0.3) is 0 Å². The van der Waals surface area contributed by atoms with Crippen LogP contribution in [0.15, 0.2) is 6.07 Å². The molecule has 100 valence electrons. The molecule has 0 fully saturated rings. The summed E-state index contributed by atoms with van der Waals surface area (Å²) >= 11 is 0. The first-order chi connectivity index (χ1) is 8.23. The van der Waals surface area contributed by atoms with Crippen LogP contribution in [0.3, 0.4) is 0 Å². The van der Waals surface area contributed by atoms with Gasteiger partial charge in [-0.3, -0.25) is 4.79 Å². The van der Waals surface area contributed by atoms with Crippen LogP contribution in [0, 0.1) is 0 Å². The first kappa shape index (κ1) is 14.0. The second-order valence-electron chi connectivity index (χ2n) is 3.24. The number of carboxylic acids is 1. The molecule has 0 aliphatic rings. The summed E-state index contributed by atoms with van der Waals surface area (Å²) < 4.78 is 52.0. The molecule has 1 rings (SSSR count). The lowest BCUT2D eigenvalue weighted by atomic mass is 10.1. The van der Waals surface area contributed by atoms with Gasteiger partial charge in [-0.25, -0.2) is 9.37 Å². The number of alkyl halides is 4. The monoisotopic (exact) mass is 268 g/mol. The fourth-order valence-electron chi connectivity index (χ4n) is 1.20. The average molecular weight is 268 g/mol. The Kier molecular flexibility index (Phi) is 3.94. The van der Waals surface area contributed by atoms with Crippen molar-refractivity contribution >= 4 is 11.7 Å². The highest BCUT2D eigenvalue weighted by Crippen LogP contribution is 2.30. The fourth-order valence-corrected chi connectivity index (χ4v) is 1.20. The van der Waals surface area contributed by atoms with Crippen LogP contribution in [0.25, 0.3) is 0 Å². The molecule has 0 saturated heterocycles. The van der Waals surface area contributed by atoms with E-state index in [1.807, 2.05) is 0 Å². The van der Waals surface area contributed by atoms with E-state index in [0.717, 1.165) is 6.07 Å². The van der Waals surface area contributed by atoms with Gasteiger partial charge in [-0.2, -0.15) is 0 Å². The van der Waals surface area contributed by atoms with Crippen molar-refractivity contribution in [1.82, 2.24) is 4.98 Å². The molecule has 0 aliphatic heterocycles. The third-order valence-corrected chi connectivity index (χ3v) is 1.85. The van der Waals surface area contributed by atoms with Crippen LogP contribution in [-0.4, -0.2) is 22.4 Å². The van der Waals surface area contributed by atoms with Crippen LogP contribution >= 0.6 is 0 Å². The third-order valence-electron chi connectivity index (χ3n) is 1.85. The third kappa shape index (κ3) is 3.75. The van der Waals surface area contributed by atoms with Crippen LogP contribution in [0.1, 0.15) is 11.3 Å². The van der Waals surface area contributed by atoms with Gasteiger partial charge in [0.2, 0.25) is 5.88 Å². The van der Waals surface area contributed by atoms with Crippen molar-refractivity contribution in [3.05, 3.63) is 17.3 Å². The van der Waals surface area contributed by atoms with Gasteiger partial charge < -0.3 is 15.6 Å². The maximum absolute atomic E-state index is 12.4. The van der Waals surface area contributed by atoms with Crippen molar-refractivity contribution in [2.75, 3.05) is 5.73 Å². The van der Waals surface area contributed by atoms with Crippen molar-refractivity contribution in [1.29, 1.82) is 0 Å². The summed E-state index contributed by atoms with van der Waals surface area (Å²) in [4.78, 5) is 13.7. The Labute approximate surface area is 98.2 Å². The minimum absolute atomic E-state index is 0.190. The smallest absolute Gasteiger partial charge is 0.481 e. The molecule has 1 aromatic rings. The van der Waals surface area contributed by atoms with Crippen molar-refractivity contribution in [3.63, 3.8) is 0 Å². The molecule has 0 aromatic carbocycles. The van der Waals surface area contributed by atoms with Crippen LogP contribution in [-0.2, 0) is 17.9 Å². The summed E-state index contributed by atoms with van der Waals surface area (Å²) in [5, 5.41) is 8.55. The van der Waals surface area contributed by atoms with Crippen LogP contribution in [0.5, 0.6) is 5.88 Å². The van der Waals surface area contributed by atoms with Gasteiger partial charge in [0.1, 0.15) is 6.67 Å². The lowest BCUT2D eigenvalue weighted by molar-refractivity contribution is -0.275. The van der Waals surface area contributed by atoms with E-state index in [1.165, 1.54) is 0 Å². The molecule has 1 aromatic heterocycles. The molecule has 0 spiro atoms. The van der Waals surface area contributed by atoms with Crippen LogP contribution in [0.4, 0.5) is 23.2 Å². The largest absolute Gasteiger partial charge is 0.574 e. The van der Waals surface area contributed by atoms with Gasteiger partial charge in [0, 0.05) is 0 Å². The Hall–Kier alpha value is -2.06. The Bertz CT molecular complexity index is 462. The molecule has 3 N–H and O–H groups in total. The number of rotatable bonds is 4. The second kappa shape index (κ2) is 5.07. The number of nitrogens with zero attached hydrogens (tertiary/aromatic N) is 1. The number of halogens is 4. The quantitative estimate of drug-likeness (QED) is 0.811. The molecule has 0 saturated carbocycles. The summed E-state index contributed by atoms with van der Waals surface area (Å²) in [6.45, 7) is -1.17. The standard InChI is InChI=1S/C9H8F4N2O3/c10-3-5-1-4(2-6(16)17)7(14)8(15-5)18-9(11,12)13/h1H,2-3,14H2,(H,16,17). The summed E-state index contributed by atoms with van der Waals surface area (Å²) in [5.41, 5.74) is 4.13. The topological polar surface area (TPSA) is 85.4 Å². The molecule has 1 heterocycles. The van der Waals surface area contributed by atoms with Crippen molar-refractivity contribution in [3.8, 4) is 5.88 Å². The van der Waals surface area contributed by atoms with Gasteiger partial charge in [-0.15, -0.1) is 13.2 Å². The number of hydrogen-bond donors (Lipinski definition) is 2. The van der Waals surface area contributed by atoms with Crippen molar-refractivity contribution < 1.29 is 32.2 Å². The van der Waals surface area contributed by atoms with Gasteiger partial charge in [-0.05, 0) is 11.6 Å². The Morgan fingerprint density at radius 1 is 1.50 bits per heavy atom. The number of ether oxygens (including phenoxy) is 1. The van der Waals surface area contributed by atoms with Gasteiger partial charge in [0.05, 0.1) is 17.8 Å². The van der Waals surface area contributed by atoms with E-state index in [2.05, 4.69) is 9.72 Å². The number of hydrogen-bond acceptors (Lipinski definition) is 4. The molecule has 0 atom stereocenters. The van der Waals surface area contributed by atoms with Gasteiger partial charge >= 0.3 is 12.3 Å². The number of carboxylic acid groups (broad SMARTS) is 1. The van der Waals surface area contributed by atoms with Gasteiger partial charge in [-0.1, -0.05) is 0 Å². The second-order valence-corrected chi connectivity index (χ2v) is 3.24. The molecule has 0 amide bonds. The Balaban J connectivity index is 3.20. The molecule has 0 radical (unpaired) electrons. The molecular formula is C9H8F4N2O3. The van der Waals surface area contributed by atoms with E-state index in [1.54, 1.807) is 0 Å². The molecule has 0 bridgehead atoms. The van der Waals surface area contributed by atoms with Crippen molar-refractivity contribution in [2.24, 2.45) is 0 Å². The zero-order chi connectivity index (χ0) is 13.9. The first-order valence-corrected chi connectivity index (χ1v) is 4.54. The zero-order valence-electron chi connectivity index (χ0n) is 8.79. The number of nitrogen functional groups attached to an aromatic ring is 1. The normalized spacial score (nSPS) is 11.3. The molecule has 0 aliphatic carbocycles. The number of aliphatic carboxylic acids is 1. The highest BCUT2D eigenvalue weighted by atomic mass is 19.4. The summed E-state index contributed by atoms with van der Waals surface area (Å²) in [7, 11) is 0. The maximum atomic E-state index is 12.4. The molecular weight excluding hydrogens is 260 g/mol. The zero-order valence-corrected chi connectivity index (χ0v) is 8.79. The van der Waals surface area contributed by atoms with E-state index >= 15 is 0 Å². The predicted molar refractivity (Wildman–Crippen MR) is 51.5 cm³/mol. The minimum atomic E-state index is -5.05. The number of pyridine rings is 1. The summed E-state index contributed by atoms with van der Waals surface area (Å²) in [6, 6.07) is 0.979. The van der Waals surface area contributed by atoms with E-state index in [-0.39, 0.29) is 11.3 Å². The fraction of sp³-hybridized carbons (Fsp3) is 0.333. The molecule has 5 nitrogen and oxygen atoms in total. The van der Waals surface area contributed by atoms with E-state index in [4.69, 9.17) is 10.8 Å². The Morgan fingerprint density at radius 2 is 2.11 bits per heavy atom. The lowest BCUT2D eigenvalue weighted by Crippen LogP contribution is -2.20. The predicted octanol–water partition coefficient (Wildman–Crippen LogP) is 1.66. The van der Waals surface area contributed by atoms with Crippen LogP contribution < -0.4 is 10.5 Å². The number of nitrogens with two attached hydrogens (primary N) is 1. The van der Waals surface area contributed by atoms with Gasteiger partial charge in [0.15, 0.2) is 0 Å².